The van der Waals surface area contributed by atoms with Gasteiger partial charge in [-0.2, -0.15) is 0 Å². The lowest BCUT2D eigenvalue weighted by molar-refractivity contribution is -0.215. The van der Waals surface area contributed by atoms with Crippen LogP contribution in [-0.4, -0.2) is 91.8 Å². The third-order valence-corrected chi connectivity index (χ3v) is 6.21. The van der Waals surface area contributed by atoms with Gasteiger partial charge in [0.2, 0.25) is 5.91 Å². The van der Waals surface area contributed by atoms with Gasteiger partial charge >= 0.3 is 12.1 Å². The number of ether oxygens (including phenoxy) is 2. The lowest BCUT2D eigenvalue weighted by Crippen LogP contribution is -2.51. The topological polar surface area (TPSA) is 112 Å². The smallest absolute Gasteiger partial charge is 0.410 e. The molecule has 0 aliphatic carbocycles. The number of fused-ring (bicyclic) bond motifs is 1. The predicted octanol–water partition coefficient (Wildman–Crippen LogP) is 1.04. The lowest BCUT2D eigenvalue weighted by Gasteiger charge is -2.34. The van der Waals surface area contributed by atoms with E-state index < -0.39 is 12.1 Å². The summed E-state index contributed by atoms with van der Waals surface area (Å²) in [6.45, 7) is 1.44. The van der Waals surface area contributed by atoms with Gasteiger partial charge < -0.3 is 24.4 Å². The molecule has 9 nitrogen and oxygen atoms in total. The van der Waals surface area contributed by atoms with Crippen molar-refractivity contribution in [1.29, 1.82) is 0 Å². The van der Waals surface area contributed by atoms with E-state index in [0.29, 0.717) is 37.5 Å². The molecule has 2 aromatic carbocycles. The van der Waals surface area contributed by atoms with Gasteiger partial charge in [0.05, 0.1) is 25.2 Å². The van der Waals surface area contributed by atoms with Gasteiger partial charge in [0.1, 0.15) is 18.9 Å². The van der Waals surface area contributed by atoms with Crippen LogP contribution in [0.1, 0.15) is 15.9 Å². The number of esters is 1. The molecule has 0 aromatic heterocycles. The van der Waals surface area contributed by atoms with Crippen molar-refractivity contribution in [1.82, 2.24) is 9.80 Å². The molecule has 1 aliphatic rings. The minimum atomic E-state index is -0.439. The van der Waals surface area contributed by atoms with Gasteiger partial charge in [-0.3, -0.25) is 9.79 Å². The predicted molar refractivity (Wildman–Crippen MR) is 130 cm³/mol. The third-order valence-electron chi connectivity index (χ3n) is 5.38. The van der Waals surface area contributed by atoms with Gasteiger partial charge in [-0.1, -0.05) is 18.2 Å². The van der Waals surface area contributed by atoms with Crippen LogP contribution in [0, 0.1) is 0 Å². The van der Waals surface area contributed by atoms with Crippen molar-refractivity contribution in [2.24, 2.45) is 4.99 Å². The second-order valence-electron chi connectivity index (χ2n) is 8.15. The summed E-state index contributed by atoms with van der Waals surface area (Å²) in [7, 11) is 1.30. The number of rotatable bonds is 7. The monoisotopic (exact) mass is 487 g/mol. The number of amides is 2. The summed E-state index contributed by atoms with van der Waals surface area (Å²) in [5.74, 6) is -0.490. The third kappa shape index (κ3) is 6.86. The lowest BCUT2D eigenvalue weighted by atomic mass is 10.0. The molecule has 182 valence electrons. The largest absolute Gasteiger partial charge is 0.859 e. The molecule has 1 saturated heterocycles. The molecule has 1 aliphatic heterocycles. The van der Waals surface area contributed by atoms with Crippen molar-refractivity contribution < 1.29 is 29.0 Å². The van der Waals surface area contributed by atoms with Crippen LogP contribution in [0.5, 0.6) is 0 Å². The van der Waals surface area contributed by atoms with Crippen LogP contribution in [0.25, 0.3) is 10.8 Å². The fourth-order valence-electron chi connectivity index (χ4n) is 3.55. The maximum atomic E-state index is 12.5. The quantitative estimate of drug-likeness (QED) is 0.250. The molecule has 0 saturated carbocycles. The molecule has 0 bridgehead atoms. The Labute approximate surface area is 201 Å². The van der Waals surface area contributed by atoms with Gasteiger partial charge in [0, 0.05) is 32.1 Å². The first-order valence-electron chi connectivity index (χ1n) is 10.8. The summed E-state index contributed by atoms with van der Waals surface area (Å²) in [6.07, 6.45) is 3.47. The van der Waals surface area contributed by atoms with Crippen LogP contribution in [0.2, 0.25) is 0 Å². The molecule has 0 N–H and O–H groups in total. The molecule has 1 fully saturated rings. The van der Waals surface area contributed by atoms with Crippen LogP contribution in [0.4, 0.5) is 4.79 Å². The van der Waals surface area contributed by atoms with E-state index in [2.05, 4.69) is 4.99 Å². The van der Waals surface area contributed by atoms with Crippen molar-refractivity contribution >= 4 is 45.5 Å². The molecule has 0 spiro atoms. The Morgan fingerprint density at radius 3 is 2.32 bits per heavy atom. The molecular weight excluding hydrogens is 458 g/mol. The standard InChI is InChI=1S/C24H29N3O6S/c1-32-23(30)20-7-6-18-12-17(4-5-19(18)13-20)15-33-24(31)27-10-8-26(9-11-27)22(29)14-25-21(28)16-34(2)3/h4-7,12-13H,8-11,14-16H2,1-3H3. The minimum Gasteiger partial charge on any atom is -0.859 e. The molecule has 0 unspecified atom stereocenters. The summed E-state index contributed by atoms with van der Waals surface area (Å²) in [5, 5.41) is 13.5. The molecule has 2 amide bonds. The van der Waals surface area contributed by atoms with Crippen molar-refractivity contribution in [3.8, 4) is 0 Å². The Hall–Kier alpha value is -3.27. The zero-order chi connectivity index (χ0) is 24.7. The molecule has 0 atom stereocenters. The van der Waals surface area contributed by atoms with E-state index in [1.165, 1.54) is 7.11 Å². The summed E-state index contributed by atoms with van der Waals surface area (Å²) < 4.78 is 10.2. The molecule has 1 heterocycles. The number of aliphatic imine (C=N–C) groups is 1. The average molecular weight is 488 g/mol. The van der Waals surface area contributed by atoms with Crippen molar-refractivity contribution in [2.75, 3.05) is 58.1 Å². The first kappa shape index (κ1) is 25.4. The van der Waals surface area contributed by atoms with Crippen LogP contribution >= 0.6 is 0 Å². The molecule has 0 radical (unpaired) electrons. The zero-order valence-electron chi connectivity index (χ0n) is 19.6. The highest BCUT2D eigenvalue weighted by Gasteiger charge is 2.24. The first-order chi connectivity index (χ1) is 16.3. The Kier molecular flexibility index (Phi) is 8.75. The number of carbonyl (C=O) groups is 3. The fourth-order valence-corrected chi connectivity index (χ4v) is 4.14. The molecular formula is C24H29N3O6S. The summed E-state index contributed by atoms with van der Waals surface area (Å²) >= 11 is 0. The second kappa shape index (κ2) is 11.7. The maximum absolute atomic E-state index is 12.5. The van der Waals surface area contributed by atoms with Crippen molar-refractivity contribution in [3.63, 3.8) is 0 Å². The Morgan fingerprint density at radius 1 is 1.00 bits per heavy atom. The fraction of sp³-hybridized carbons (Fsp3) is 0.417. The van der Waals surface area contributed by atoms with E-state index in [-0.39, 0.29) is 35.9 Å². The number of nitrogens with zero attached hydrogens (tertiary/aromatic N) is 3. The van der Waals surface area contributed by atoms with E-state index in [1.54, 1.807) is 21.9 Å². The Bertz CT molecular complexity index is 1080. The number of benzene rings is 2. The number of hydrogen-bond acceptors (Lipinski definition) is 7. The van der Waals surface area contributed by atoms with Gasteiger partial charge in [-0.15, -0.1) is 0 Å². The van der Waals surface area contributed by atoms with Crippen LogP contribution < -0.4 is 5.11 Å². The maximum Gasteiger partial charge on any atom is 0.410 e. The van der Waals surface area contributed by atoms with E-state index in [1.807, 2.05) is 36.8 Å². The van der Waals surface area contributed by atoms with E-state index >= 15 is 0 Å². The number of methoxy groups -OCH3 is 1. The summed E-state index contributed by atoms with van der Waals surface area (Å²) in [4.78, 5) is 43.5. The van der Waals surface area contributed by atoms with Gasteiger partial charge in [-0.25, -0.2) is 9.59 Å². The van der Waals surface area contributed by atoms with Gasteiger partial charge in [0.25, 0.3) is 0 Å². The van der Waals surface area contributed by atoms with E-state index in [0.717, 1.165) is 16.3 Å². The molecule has 2 aromatic rings. The molecule has 34 heavy (non-hydrogen) atoms. The highest BCUT2D eigenvalue weighted by molar-refractivity contribution is 7.96. The number of piperazine rings is 1. The SMILES string of the molecule is COC(=O)c1ccc2cc(COC(=O)N3CCN(C(=O)CN=C([O-])C[S+](C)C)CC3)ccc2c1. The average Bonchev–Trinajstić information content (AvgIpc) is 2.84. The molecule has 3 rings (SSSR count). The normalized spacial score (nSPS) is 14.4. The number of carbonyl (C=O) groups excluding carboxylic acids is 3. The van der Waals surface area contributed by atoms with Crippen LogP contribution in [-0.2, 0) is 31.8 Å². The number of hydrogen-bond donors (Lipinski definition) is 0. The Morgan fingerprint density at radius 2 is 1.65 bits per heavy atom. The molecule has 10 heteroatoms. The van der Waals surface area contributed by atoms with Crippen LogP contribution in [0.3, 0.4) is 0 Å². The highest BCUT2D eigenvalue weighted by Crippen LogP contribution is 2.19. The van der Waals surface area contributed by atoms with Gasteiger partial charge in [0.15, 0.2) is 0 Å². The summed E-state index contributed by atoms with van der Waals surface area (Å²) in [5.41, 5.74) is 1.30. The highest BCUT2D eigenvalue weighted by atomic mass is 32.2. The Balaban J connectivity index is 1.47. The summed E-state index contributed by atoms with van der Waals surface area (Å²) in [6, 6.07) is 10.9. The minimum absolute atomic E-state index is 0.0447. The van der Waals surface area contributed by atoms with E-state index in [9.17, 15) is 19.5 Å². The van der Waals surface area contributed by atoms with E-state index in [4.69, 9.17) is 9.47 Å². The first-order valence-corrected chi connectivity index (χ1v) is 13.0. The van der Waals surface area contributed by atoms with Gasteiger partial charge in [-0.05, 0) is 45.4 Å². The second-order valence-corrected chi connectivity index (χ2v) is 10.4. The van der Waals surface area contributed by atoms with Crippen LogP contribution in [0.15, 0.2) is 41.4 Å². The van der Waals surface area contributed by atoms with Crippen molar-refractivity contribution in [2.45, 2.75) is 6.61 Å². The zero-order valence-corrected chi connectivity index (χ0v) is 20.4. The van der Waals surface area contributed by atoms with Crippen molar-refractivity contribution in [3.05, 3.63) is 47.5 Å².